The van der Waals surface area contributed by atoms with Gasteiger partial charge in [0.2, 0.25) is 0 Å². The fourth-order valence-electron chi connectivity index (χ4n) is 1.86. The summed E-state index contributed by atoms with van der Waals surface area (Å²) in [5.41, 5.74) is 1.36. The van der Waals surface area contributed by atoms with E-state index < -0.39 is 5.97 Å². The van der Waals surface area contributed by atoms with Gasteiger partial charge < -0.3 is 5.11 Å². The number of carboxylic acid groups (broad SMARTS) is 1. The first-order chi connectivity index (χ1) is 8.75. The van der Waals surface area contributed by atoms with Crippen LogP contribution in [0, 0.1) is 0 Å². The van der Waals surface area contributed by atoms with Crippen molar-refractivity contribution in [3.63, 3.8) is 0 Å². The number of hydrogen-bond acceptors (Lipinski definition) is 5. The van der Waals surface area contributed by atoms with E-state index in [1.807, 2.05) is 24.3 Å². The molecule has 0 bridgehead atoms. The maximum absolute atomic E-state index is 10.6. The van der Waals surface area contributed by atoms with E-state index in [1.165, 1.54) is 4.52 Å². The number of fused-ring (bicyclic) bond motifs is 3. The topological polar surface area (TPSA) is 93.3 Å². The Labute approximate surface area is 101 Å². The Hall–Kier alpha value is -2.57. The van der Waals surface area contributed by atoms with Crippen molar-refractivity contribution in [1.29, 1.82) is 0 Å². The first-order valence-corrected chi connectivity index (χ1v) is 5.43. The predicted molar refractivity (Wildman–Crippen MR) is 62.0 cm³/mol. The molecule has 0 spiro atoms. The second-order valence-electron chi connectivity index (χ2n) is 3.85. The Balaban J connectivity index is 2.22. The minimum atomic E-state index is -0.869. The second kappa shape index (κ2) is 4.02. The van der Waals surface area contributed by atoms with Gasteiger partial charge in [0, 0.05) is 11.8 Å². The van der Waals surface area contributed by atoms with Crippen LogP contribution in [0.3, 0.4) is 0 Å². The van der Waals surface area contributed by atoms with Gasteiger partial charge in [-0.1, -0.05) is 12.1 Å². The normalized spacial score (nSPS) is 11.1. The van der Waals surface area contributed by atoms with Crippen LogP contribution in [0.5, 0.6) is 0 Å². The zero-order valence-electron chi connectivity index (χ0n) is 9.32. The van der Waals surface area contributed by atoms with Gasteiger partial charge in [0.1, 0.15) is 5.82 Å². The number of para-hydroxylation sites is 1. The molecule has 90 valence electrons. The third-order valence-corrected chi connectivity index (χ3v) is 2.67. The minimum Gasteiger partial charge on any atom is -0.481 e. The summed E-state index contributed by atoms with van der Waals surface area (Å²) in [5, 5.41) is 21.0. The van der Waals surface area contributed by atoms with Crippen LogP contribution >= 0.6 is 0 Å². The van der Waals surface area contributed by atoms with E-state index in [0.29, 0.717) is 17.9 Å². The molecule has 18 heavy (non-hydrogen) atoms. The molecule has 0 fully saturated rings. The second-order valence-corrected chi connectivity index (χ2v) is 3.85. The lowest BCUT2D eigenvalue weighted by Gasteiger charge is -2.04. The quantitative estimate of drug-likeness (QED) is 0.727. The lowest BCUT2D eigenvalue weighted by Crippen LogP contribution is -2.07. The first kappa shape index (κ1) is 10.6. The van der Waals surface area contributed by atoms with E-state index in [4.69, 9.17) is 5.11 Å². The minimum absolute atomic E-state index is 0.000298. The van der Waals surface area contributed by atoms with Crippen molar-refractivity contribution in [2.45, 2.75) is 12.8 Å². The highest BCUT2D eigenvalue weighted by Crippen LogP contribution is 2.17. The van der Waals surface area contributed by atoms with Crippen molar-refractivity contribution in [1.82, 2.24) is 25.0 Å². The highest BCUT2D eigenvalue weighted by Gasteiger charge is 2.11. The summed E-state index contributed by atoms with van der Waals surface area (Å²) in [5.74, 6) is -0.317. The smallest absolute Gasteiger partial charge is 0.303 e. The molecule has 0 unspecified atom stereocenters. The average Bonchev–Trinajstić information content (AvgIpc) is 2.85. The lowest BCUT2D eigenvalue weighted by atomic mass is 10.2. The number of carbonyl (C=O) groups is 1. The van der Waals surface area contributed by atoms with E-state index in [2.05, 4.69) is 20.5 Å². The Bertz CT molecular complexity index is 736. The molecular weight excluding hydrogens is 234 g/mol. The van der Waals surface area contributed by atoms with Crippen LogP contribution in [0.1, 0.15) is 12.2 Å². The predicted octanol–water partition coefficient (Wildman–Crippen LogP) is 0.690. The molecule has 0 atom stereocenters. The number of benzene rings is 1. The third-order valence-electron chi connectivity index (χ3n) is 2.67. The average molecular weight is 243 g/mol. The number of rotatable bonds is 3. The van der Waals surface area contributed by atoms with Crippen molar-refractivity contribution in [2.24, 2.45) is 0 Å². The molecule has 0 amide bonds. The number of aryl methyl sites for hydroxylation is 1. The summed E-state index contributed by atoms with van der Waals surface area (Å²) in [4.78, 5) is 15.0. The fraction of sp³-hybridized carbons (Fsp3) is 0.182. The molecule has 2 aromatic heterocycles. The number of hydrogen-bond donors (Lipinski definition) is 1. The number of aromatic nitrogens is 5. The summed E-state index contributed by atoms with van der Waals surface area (Å²) in [6.45, 7) is 0. The number of aliphatic carboxylic acids is 1. The molecule has 3 rings (SSSR count). The Morgan fingerprint density at radius 1 is 1.33 bits per heavy atom. The molecule has 0 saturated carbocycles. The molecule has 1 aromatic carbocycles. The largest absolute Gasteiger partial charge is 0.481 e. The molecule has 3 aromatic rings. The molecule has 0 aliphatic heterocycles. The van der Waals surface area contributed by atoms with Gasteiger partial charge in [0.05, 0.1) is 11.9 Å². The molecule has 1 N–H and O–H groups in total. The van der Waals surface area contributed by atoms with Crippen LogP contribution < -0.4 is 0 Å². The Kier molecular flexibility index (Phi) is 2.36. The van der Waals surface area contributed by atoms with E-state index in [1.54, 1.807) is 0 Å². The Morgan fingerprint density at radius 3 is 3.00 bits per heavy atom. The van der Waals surface area contributed by atoms with E-state index in [-0.39, 0.29) is 6.42 Å². The van der Waals surface area contributed by atoms with Gasteiger partial charge in [-0.25, -0.2) is 4.98 Å². The monoisotopic (exact) mass is 243 g/mol. The van der Waals surface area contributed by atoms with Gasteiger partial charge >= 0.3 is 5.97 Å². The molecule has 0 aliphatic carbocycles. The molecule has 2 heterocycles. The highest BCUT2D eigenvalue weighted by atomic mass is 16.4. The summed E-state index contributed by atoms with van der Waals surface area (Å²) >= 11 is 0. The van der Waals surface area contributed by atoms with Gasteiger partial charge in [-0.2, -0.15) is 4.52 Å². The van der Waals surface area contributed by atoms with Gasteiger partial charge in [0.25, 0.3) is 0 Å². The van der Waals surface area contributed by atoms with Gasteiger partial charge in [-0.15, -0.1) is 5.10 Å². The van der Waals surface area contributed by atoms with Crippen LogP contribution in [-0.4, -0.2) is 36.1 Å². The molecular formula is C11H9N5O2. The van der Waals surface area contributed by atoms with Crippen LogP contribution in [0.2, 0.25) is 0 Å². The molecule has 0 radical (unpaired) electrons. The summed E-state index contributed by atoms with van der Waals surface area (Å²) in [7, 11) is 0. The van der Waals surface area contributed by atoms with Gasteiger partial charge in [-0.3, -0.25) is 4.79 Å². The van der Waals surface area contributed by atoms with E-state index >= 15 is 0 Å². The summed E-state index contributed by atoms with van der Waals surface area (Å²) < 4.78 is 1.49. The van der Waals surface area contributed by atoms with Crippen LogP contribution in [0.15, 0.2) is 24.3 Å². The summed E-state index contributed by atoms with van der Waals surface area (Å²) in [6.07, 6.45) is 0.294. The highest BCUT2D eigenvalue weighted by molar-refractivity contribution is 5.90. The Morgan fingerprint density at radius 2 is 2.17 bits per heavy atom. The zero-order chi connectivity index (χ0) is 12.5. The number of carboxylic acids is 1. The first-order valence-electron chi connectivity index (χ1n) is 5.43. The number of tetrazole rings is 1. The fourth-order valence-corrected chi connectivity index (χ4v) is 1.86. The van der Waals surface area contributed by atoms with Crippen molar-refractivity contribution in [3.05, 3.63) is 30.1 Å². The maximum atomic E-state index is 10.6. The van der Waals surface area contributed by atoms with Crippen molar-refractivity contribution >= 4 is 22.5 Å². The maximum Gasteiger partial charge on any atom is 0.303 e. The molecule has 7 nitrogen and oxygen atoms in total. The SMILES string of the molecule is O=C(O)CCc1nc2ccccc2c2nnnn12. The van der Waals surface area contributed by atoms with Crippen LogP contribution in [0.25, 0.3) is 16.6 Å². The molecule has 7 heteroatoms. The number of nitrogens with zero attached hydrogens (tertiary/aromatic N) is 5. The third kappa shape index (κ3) is 1.65. The molecule has 0 saturated heterocycles. The van der Waals surface area contributed by atoms with Crippen molar-refractivity contribution < 1.29 is 9.90 Å². The van der Waals surface area contributed by atoms with Gasteiger partial charge in [0.15, 0.2) is 5.65 Å². The van der Waals surface area contributed by atoms with E-state index in [9.17, 15) is 4.79 Å². The summed E-state index contributed by atoms with van der Waals surface area (Å²) in [6, 6.07) is 7.50. The zero-order valence-corrected chi connectivity index (χ0v) is 9.32. The standard InChI is InChI=1S/C11H9N5O2/c17-10(18)6-5-9-12-8-4-2-1-3-7(8)11-13-14-15-16(9)11/h1-4H,5-6H2,(H,17,18). The van der Waals surface area contributed by atoms with Crippen LogP contribution in [0.4, 0.5) is 0 Å². The van der Waals surface area contributed by atoms with Crippen LogP contribution in [-0.2, 0) is 11.2 Å². The van der Waals surface area contributed by atoms with Crippen molar-refractivity contribution in [3.8, 4) is 0 Å². The molecule has 0 aliphatic rings. The lowest BCUT2D eigenvalue weighted by molar-refractivity contribution is -0.137. The van der Waals surface area contributed by atoms with Crippen molar-refractivity contribution in [2.75, 3.05) is 0 Å². The van der Waals surface area contributed by atoms with E-state index in [0.717, 1.165) is 10.9 Å². The van der Waals surface area contributed by atoms with Gasteiger partial charge in [-0.05, 0) is 22.6 Å².